The molecule has 2 saturated heterocycles. The van der Waals surface area contributed by atoms with Gasteiger partial charge in [0.15, 0.2) is 5.11 Å². The number of rotatable bonds is 7. The summed E-state index contributed by atoms with van der Waals surface area (Å²) in [6.45, 7) is 11.7. The lowest BCUT2D eigenvalue weighted by Gasteiger charge is -2.34. The van der Waals surface area contributed by atoms with E-state index in [2.05, 4.69) is 22.3 Å². The molecule has 0 aromatic heterocycles. The highest BCUT2D eigenvalue weighted by atomic mass is 32.1. The second-order valence-electron chi connectivity index (χ2n) is 7.46. The summed E-state index contributed by atoms with van der Waals surface area (Å²) in [5.41, 5.74) is 1.37. The molecule has 0 radical (unpaired) electrons. The molecule has 0 aliphatic carbocycles. The van der Waals surface area contributed by atoms with Gasteiger partial charge >= 0.3 is 0 Å². The number of piperazine rings is 1. The van der Waals surface area contributed by atoms with E-state index in [1.807, 2.05) is 12.1 Å². The third-order valence-corrected chi connectivity index (χ3v) is 5.96. The molecule has 3 N–H and O–H groups in total. The molecule has 2 heterocycles. The van der Waals surface area contributed by atoms with E-state index in [1.165, 1.54) is 12.1 Å². The molecule has 1 aromatic rings. The van der Waals surface area contributed by atoms with Gasteiger partial charge in [0.2, 0.25) is 0 Å². The van der Waals surface area contributed by atoms with Crippen LogP contribution in [0.25, 0.3) is 0 Å². The predicted molar refractivity (Wildman–Crippen MR) is 111 cm³/mol. The first-order valence-corrected chi connectivity index (χ1v) is 10.6. The van der Waals surface area contributed by atoms with E-state index < -0.39 is 0 Å². The Morgan fingerprint density at radius 2 is 1.81 bits per heavy atom. The first-order chi connectivity index (χ1) is 13.2. The van der Waals surface area contributed by atoms with Gasteiger partial charge in [-0.05, 0) is 36.5 Å². The van der Waals surface area contributed by atoms with Gasteiger partial charge in [-0.2, -0.15) is 0 Å². The lowest BCUT2D eigenvalue weighted by Crippen LogP contribution is -3.14. The van der Waals surface area contributed by atoms with Crippen molar-refractivity contribution in [3.63, 3.8) is 0 Å². The Kier molecular flexibility index (Phi) is 8.13. The van der Waals surface area contributed by atoms with Crippen LogP contribution >= 0.6 is 12.2 Å². The molecule has 0 bridgehead atoms. The number of methoxy groups -OCH3 is 1. The first-order valence-electron chi connectivity index (χ1n) is 10.1. The fourth-order valence-corrected chi connectivity index (χ4v) is 4.08. The molecular weight excluding hydrogens is 360 g/mol. The molecule has 27 heavy (non-hydrogen) atoms. The van der Waals surface area contributed by atoms with Crippen LogP contribution in [0.1, 0.15) is 12.0 Å². The maximum absolute atomic E-state index is 5.60. The number of hydrogen-bond donors (Lipinski definition) is 3. The summed E-state index contributed by atoms with van der Waals surface area (Å²) in [4.78, 5) is 5.61. The van der Waals surface area contributed by atoms with Gasteiger partial charge < -0.3 is 29.5 Å². The Labute approximate surface area is 168 Å². The van der Waals surface area contributed by atoms with E-state index >= 15 is 0 Å². The molecule has 1 aromatic carbocycles. The summed E-state index contributed by atoms with van der Waals surface area (Å²) in [6, 6.07) is 8.42. The number of thiocarbonyl (C=S) groups is 1. The van der Waals surface area contributed by atoms with Crippen molar-refractivity contribution < 1.29 is 19.3 Å². The van der Waals surface area contributed by atoms with Crippen LogP contribution in [-0.4, -0.2) is 82.7 Å². The SMILES string of the molecule is COc1ccc(C[NH+]2CCN(C(=S)NCCC[NH+]3CCOCC3)CC2)cc1. The number of ether oxygens (including phenoxy) is 2. The van der Waals surface area contributed by atoms with Gasteiger partial charge in [0, 0.05) is 18.5 Å². The van der Waals surface area contributed by atoms with Crippen molar-refractivity contribution in [3.8, 4) is 5.75 Å². The van der Waals surface area contributed by atoms with Crippen LogP contribution in [0.15, 0.2) is 24.3 Å². The van der Waals surface area contributed by atoms with Crippen LogP contribution in [0.4, 0.5) is 0 Å². The normalized spacial score (nSPS) is 19.1. The van der Waals surface area contributed by atoms with E-state index in [0.717, 1.165) is 82.9 Å². The summed E-state index contributed by atoms with van der Waals surface area (Å²) in [7, 11) is 1.71. The van der Waals surface area contributed by atoms with Crippen molar-refractivity contribution in [2.45, 2.75) is 13.0 Å². The zero-order valence-corrected chi connectivity index (χ0v) is 17.3. The lowest BCUT2D eigenvalue weighted by molar-refractivity contribution is -0.917. The standard InChI is InChI=1S/C20H32N4O2S/c1-25-19-5-3-18(4-6-19)17-23-9-11-24(12-10-23)20(27)21-7-2-8-22-13-15-26-16-14-22/h3-6H,2,7-17H2,1H3,(H,21,27)/p+2. The maximum atomic E-state index is 5.60. The zero-order chi connectivity index (χ0) is 18.9. The number of nitrogens with zero attached hydrogens (tertiary/aromatic N) is 1. The Balaban J connectivity index is 1.30. The highest BCUT2D eigenvalue weighted by Crippen LogP contribution is 2.10. The maximum Gasteiger partial charge on any atom is 0.169 e. The van der Waals surface area contributed by atoms with Crippen molar-refractivity contribution in [3.05, 3.63) is 29.8 Å². The second kappa shape index (κ2) is 10.8. The van der Waals surface area contributed by atoms with Crippen molar-refractivity contribution in [2.75, 3.05) is 72.7 Å². The van der Waals surface area contributed by atoms with Gasteiger partial charge in [-0.25, -0.2) is 0 Å². The molecule has 0 amide bonds. The van der Waals surface area contributed by atoms with Crippen molar-refractivity contribution >= 4 is 17.3 Å². The van der Waals surface area contributed by atoms with E-state index in [4.69, 9.17) is 21.7 Å². The molecule has 3 rings (SSSR count). The van der Waals surface area contributed by atoms with Crippen molar-refractivity contribution in [2.24, 2.45) is 0 Å². The van der Waals surface area contributed by atoms with Crippen LogP contribution in [0.2, 0.25) is 0 Å². The molecule has 2 aliphatic rings. The molecular formula is C20H34N4O2S+2. The topological polar surface area (TPSA) is 42.6 Å². The van der Waals surface area contributed by atoms with E-state index in [9.17, 15) is 0 Å². The van der Waals surface area contributed by atoms with Gasteiger partial charge in [-0.1, -0.05) is 0 Å². The molecule has 0 spiro atoms. The smallest absolute Gasteiger partial charge is 0.169 e. The minimum atomic E-state index is 0.907. The Morgan fingerprint density at radius 1 is 1.11 bits per heavy atom. The predicted octanol–water partition coefficient (Wildman–Crippen LogP) is -1.42. The molecule has 150 valence electrons. The van der Waals surface area contributed by atoms with E-state index in [0.29, 0.717) is 0 Å². The van der Waals surface area contributed by atoms with Crippen LogP contribution in [-0.2, 0) is 11.3 Å². The summed E-state index contributed by atoms with van der Waals surface area (Å²) in [5, 5.41) is 4.39. The van der Waals surface area contributed by atoms with Gasteiger partial charge in [-0.3, -0.25) is 0 Å². The third kappa shape index (κ3) is 6.60. The van der Waals surface area contributed by atoms with Crippen molar-refractivity contribution in [1.29, 1.82) is 0 Å². The molecule has 7 heteroatoms. The molecule has 2 aliphatic heterocycles. The monoisotopic (exact) mass is 394 g/mol. The van der Waals surface area contributed by atoms with Gasteiger partial charge in [0.25, 0.3) is 0 Å². The fourth-order valence-electron chi connectivity index (χ4n) is 3.79. The molecule has 0 unspecified atom stereocenters. The molecule has 6 nitrogen and oxygen atoms in total. The Morgan fingerprint density at radius 3 is 2.48 bits per heavy atom. The highest BCUT2D eigenvalue weighted by Gasteiger charge is 2.22. The summed E-state index contributed by atoms with van der Waals surface area (Å²) < 4.78 is 10.6. The average molecular weight is 395 g/mol. The minimum Gasteiger partial charge on any atom is -0.497 e. The highest BCUT2D eigenvalue weighted by molar-refractivity contribution is 7.80. The summed E-state index contributed by atoms with van der Waals surface area (Å²) in [5.74, 6) is 0.921. The van der Waals surface area contributed by atoms with Crippen LogP contribution < -0.4 is 19.9 Å². The largest absolute Gasteiger partial charge is 0.497 e. The van der Waals surface area contributed by atoms with Gasteiger partial charge in [0.05, 0.1) is 53.0 Å². The number of benzene rings is 1. The fraction of sp³-hybridized carbons (Fsp3) is 0.650. The Bertz CT molecular complexity index is 570. The third-order valence-electron chi connectivity index (χ3n) is 5.55. The average Bonchev–Trinajstić information content (AvgIpc) is 2.73. The summed E-state index contributed by atoms with van der Waals surface area (Å²) >= 11 is 5.60. The van der Waals surface area contributed by atoms with Crippen LogP contribution in [0, 0.1) is 0 Å². The van der Waals surface area contributed by atoms with Crippen molar-refractivity contribution in [1.82, 2.24) is 10.2 Å². The quantitative estimate of drug-likeness (QED) is 0.391. The second-order valence-corrected chi connectivity index (χ2v) is 7.85. The Hall–Kier alpha value is -1.41. The molecule has 0 atom stereocenters. The molecule has 0 saturated carbocycles. The number of quaternary nitrogens is 2. The van der Waals surface area contributed by atoms with Gasteiger partial charge in [-0.15, -0.1) is 0 Å². The molecule has 2 fully saturated rings. The summed E-state index contributed by atoms with van der Waals surface area (Å²) in [6.07, 6.45) is 1.16. The first kappa shape index (κ1) is 20.3. The van der Waals surface area contributed by atoms with Crippen LogP contribution in [0.3, 0.4) is 0 Å². The van der Waals surface area contributed by atoms with Gasteiger partial charge in [0.1, 0.15) is 25.4 Å². The number of hydrogen-bond acceptors (Lipinski definition) is 3. The van der Waals surface area contributed by atoms with Crippen LogP contribution in [0.5, 0.6) is 5.75 Å². The number of nitrogens with one attached hydrogen (secondary N) is 3. The number of morpholine rings is 1. The lowest BCUT2D eigenvalue weighted by atomic mass is 10.2. The van der Waals surface area contributed by atoms with E-state index in [1.54, 1.807) is 16.9 Å². The van der Waals surface area contributed by atoms with E-state index in [-0.39, 0.29) is 0 Å². The minimum absolute atomic E-state index is 0.907. The zero-order valence-electron chi connectivity index (χ0n) is 16.5.